The van der Waals surface area contributed by atoms with Gasteiger partial charge in [0.25, 0.3) is 0 Å². The molecule has 2 rings (SSSR count). The van der Waals surface area contributed by atoms with Crippen LogP contribution < -0.4 is 10.2 Å². The van der Waals surface area contributed by atoms with Gasteiger partial charge in [0, 0.05) is 20.1 Å². The van der Waals surface area contributed by atoms with Gasteiger partial charge >= 0.3 is 0 Å². The molecule has 0 saturated carbocycles. The Morgan fingerprint density at radius 1 is 1.30 bits per heavy atom. The van der Waals surface area contributed by atoms with Crippen molar-refractivity contribution in [3.05, 3.63) is 53.7 Å². The number of aliphatic hydroxyl groups is 1. The lowest BCUT2D eigenvalue weighted by Gasteiger charge is -2.19. The van der Waals surface area contributed by atoms with E-state index in [2.05, 4.69) is 5.32 Å². The molecular weight excluding hydrogens is 259 g/mol. The molecular formula is C15H19FN2O2. The monoisotopic (exact) mass is 278 g/mol. The fourth-order valence-corrected chi connectivity index (χ4v) is 1.97. The quantitative estimate of drug-likeness (QED) is 0.814. The van der Waals surface area contributed by atoms with Crippen LogP contribution in [0.3, 0.4) is 0 Å². The maximum Gasteiger partial charge on any atom is 0.146 e. The molecule has 20 heavy (non-hydrogen) atoms. The fraction of sp³-hybridized carbons (Fsp3) is 0.333. The van der Waals surface area contributed by atoms with Crippen molar-refractivity contribution in [2.75, 3.05) is 25.1 Å². The molecule has 0 saturated heterocycles. The number of hydrogen-bond donors (Lipinski definition) is 2. The van der Waals surface area contributed by atoms with E-state index in [0.29, 0.717) is 25.3 Å². The Morgan fingerprint density at radius 3 is 2.85 bits per heavy atom. The van der Waals surface area contributed by atoms with Crippen LogP contribution in [0.1, 0.15) is 11.3 Å². The van der Waals surface area contributed by atoms with Crippen molar-refractivity contribution in [2.45, 2.75) is 13.1 Å². The minimum absolute atomic E-state index is 0.00306. The van der Waals surface area contributed by atoms with E-state index < -0.39 is 0 Å². The molecule has 0 aliphatic rings. The molecule has 0 aliphatic heterocycles. The Balaban J connectivity index is 1.96. The second-order valence-corrected chi connectivity index (χ2v) is 4.61. The Kier molecular flexibility index (Phi) is 5.15. The van der Waals surface area contributed by atoms with Crippen molar-refractivity contribution in [3.8, 4) is 0 Å². The standard InChI is InChI=1S/C15H19FN2O2/c1-18(6-7-19)15-9-12(4-5-14(15)16)10-17-11-13-3-2-8-20-13/h2-5,8-9,17,19H,6-7,10-11H2,1H3. The number of aliphatic hydroxyl groups excluding tert-OH is 1. The van der Waals surface area contributed by atoms with E-state index in [1.165, 1.54) is 6.07 Å². The van der Waals surface area contributed by atoms with E-state index >= 15 is 0 Å². The molecule has 1 aromatic carbocycles. The minimum atomic E-state index is -0.282. The smallest absolute Gasteiger partial charge is 0.146 e. The highest BCUT2D eigenvalue weighted by Gasteiger charge is 2.08. The molecule has 0 bridgehead atoms. The molecule has 1 aromatic heterocycles. The van der Waals surface area contributed by atoms with E-state index in [0.717, 1.165) is 11.3 Å². The second kappa shape index (κ2) is 7.07. The first-order chi connectivity index (χ1) is 9.70. The maximum absolute atomic E-state index is 13.7. The van der Waals surface area contributed by atoms with Crippen LogP contribution in [-0.2, 0) is 13.1 Å². The topological polar surface area (TPSA) is 48.6 Å². The van der Waals surface area contributed by atoms with Crippen molar-refractivity contribution in [1.82, 2.24) is 5.32 Å². The zero-order valence-electron chi connectivity index (χ0n) is 11.5. The van der Waals surface area contributed by atoms with Gasteiger partial charge in [0.15, 0.2) is 0 Å². The van der Waals surface area contributed by atoms with Crippen LogP contribution in [0.15, 0.2) is 41.0 Å². The van der Waals surface area contributed by atoms with Gasteiger partial charge in [0.05, 0.1) is 25.1 Å². The molecule has 4 nitrogen and oxygen atoms in total. The summed E-state index contributed by atoms with van der Waals surface area (Å²) in [7, 11) is 1.76. The molecule has 0 aliphatic carbocycles. The van der Waals surface area contributed by atoms with Crippen LogP contribution in [0.5, 0.6) is 0 Å². The first kappa shape index (κ1) is 14.6. The van der Waals surface area contributed by atoms with E-state index in [4.69, 9.17) is 9.52 Å². The molecule has 0 spiro atoms. The molecule has 5 heteroatoms. The van der Waals surface area contributed by atoms with Crippen LogP contribution in [0, 0.1) is 5.82 Å². The van der Waals surface area contributed by atoms with E-state index in [-0.39, 0.29) is 12.4 Å². The number of benzene rings is 1. The van der Waals surface area contributed by atoms with Gasteiger partial charge in [-0.25, -0.2) is 4.39 Å². The lowest BCUT2D eigenvalue weighted by molar-refractivity contribution is 0.303. The number of nitrogens with one attached hydrogen (secondary N) is 1. The van der Waals surface area contributed by atoms with Gasteiger partial charge in [0.1, 0.15) is 11.6 Å². The highest BCUT2D eigenvalue weighted by Crippen LogP contribution is 2.19. The lowest BCUT2D eigenvalue weighted by atomic mass is 10.1. The zero-order chi connectivity index (χ0) is 14.4. The molecule has 2 N–H and O–H groups in total. The third kappa shape index (κ3) is 3.82. The van der Waals surface area contributed by atoms with Crippen LogP contribution in [0.2, 0.25) is 0 Å². The molecule has 2 aromatic rings. The predicted octanol–water partition coefficient (Wildman–Crippen LogP) is 2.14. The SMILES string of the molecule is CN(CCO)c1cc(CNCc2ccco2)ccc1F. The second-order valence-electron chi connectivity index (χ2n) is 4.61. The fourth-order valence-electron chi connectivity index (χ4n) is 1.97. The Bertz CT molecular complexity index is 529. The molecule has 0 amide bonds. The van der Waals surface area contributed by atoms with E-state index in [1.54, 1.807) is 30.3 Å². The number of furan rings is 1. The number of halogens is 1. The van der Waals surface area contributed by atoms with Crippen LogP contribution in [0.4, 0.5) is 10.1 Å². The van der Waals surface area contributed by atoms with Gasteiger partial charge in [-0.05, 0) is 29.8 Å². The predicted molar refractivity (Wildman–Crippen MR) is 76.0 cm³/mol. The van der Waals surface area contributed by atoms with Gasteiger partial charge < -0.3 is 19.7 Å². The third-order valence-corrected chi connectivity index (χ3v) is 3.07. The average molecular weight is 278 g/mol. The average Bonchev–Trinajstić information content (AvgIpc) is 2.94. The normalized spacial score (nSPS) is 10.8. The summed E-state index contributed by atoms with van der Waals surface area (Å²) in [4.78, 5) is 1.70. The summed E-state index contributed by atoms with van der Waals surface area (Å²) in [6.07, 6.45) is 1.64. The minimum Gasteiger partial charge on any atom is -0.468 e. The number of nitrogens with zero attached hydrogens (tertiary/aromatic N) is 1. The molecule has 0 fully saturated rings. The summed E-state index contributed by atoms with van der Waals surface area (Å²) in [6, 6.07) is 8.74. The van der Waals surface area contributed by atoms with Crippen molar-refractivity contribution in [1.29, 1.82) is 0 Å². The molecule has 0 radical (unpaired) electrons. The Morgan fingerprint density at radius 2 is 2.15 bits per heavy atom. The summed E-state index contributed by atoms with van der Waals surface area (Å²) in [5, 5.41) is 12.2. The van der Waals surface area contributed by atoms with Gasteiger partial charge in [0.2, 0.25) is 0 Å². The van der Waals surface area contributed by atoms with Gasteiger partial charge in [-0.3, -0.25) is 0 Å². The summed E-state index contributed by atoms with van der Waals surface area (Å²) < 4.78 is 19.0. The van der Waals surface area contributed by atoms with Crippen molar-refractivity contribution in [3.63, 3.8) is 0 Å². The molecule has 108 valence electrons. The zero-order valence-corrected chi connectivity index (χ0v) is 11.5. The Hall–Kier alpha value is -1.85. The van der Waals surface area contributed by atoms with Crippen molar-refractivity contribution < 1.29 is 13.9 Å². The van der Waals surface area contributed by atoms with Gasteiger partial charge in [-0.15, -0.1) is 0 Å². The molecule has 0 atom stereocenters. The van der Waals surface area contributed by atoms with Crippen LogP contribution in [0.25, 0.3) is 0 Å². The number of anilines is 1. The van der Waals surface area contributed by atoms with E-state index in [9.17, 15) is 4.39 Å². The first-order valence-electron chi connectivity index (χ1n) is 6.54. The summed E-state index contributed by atoms with van der Waals surface area (Å²) in [5.41, 5.74) is 1.48. The number of likely N-dealkylation sites (N-methyl/N-ethyl adjacent to an activating group) is 1. The highest BCUT2D eigenvalue weighted by molar-refractivity contribution is 5.49. The van der Waals surface area contributed by atoms with Crippen molar-refractivity contribution in [2.24, 2.45) is 0 Å². The maximum atomic E-state index is 13.7. The molecule has 1 heterocycles. The summed E-state index contributed by atoms with van der Waals surface area (Å²) >= 11 is 0. The van der Waals surface area contributed by atoms with Gasteiger partial charge in [-0.2, -0.15) is 0 Å². The van der Waals surface area contributed by atoms with Crippen LogP contribution >= 0.6 is 0 Å². The largest absolute Gasteiger partial charge is 0.468 e. The number of rotatable bonds is 7. The summed E-state index contributed by atoms with van der Waals surface area (Å²) in [6.45, 7) is 1.66. The lowest BCUT2D eigenvalue weighted by Crippen LogP contribution is -2.22. The molecule has 0 unspecified atom stereocenters. The third-order valence-electron chi connectivity index (χ3n) is 3.07. The number of hydrogen-bond acceptors (Lipinski definition) is 4. The first-order valence-corrected chi connectivity index (χ1v) is 6.54. The van der Waals surface area contributed by atoms with Crippen molar-refractivity contribution >= 4 is 5.69 Å². The highest BCUT2D eigenvalue weighted by atomic mass is 19.1. The van der Waals surface area contributed by atoms with Crippen LogP contribution in [-0.4, -0.2) is 25.3 Å². The summed E-state index contributed by atoms with van der Waals surface area (Å²) in [5.74, 6) is 0.584. The Labute approximate surface area is 117 Å². The van der Waals surface area contributed by atoms with E-state index in [1.807, 2.05) is 12.1 Å². The van der Waals surface area contributed by atoms with Gasteiger partial charge in [-0.1, -0.05) is 6.07 Å².